The summed E-state index contributed by atoms with van der Waals surface area (Å²) in [4.78, 5) is 12.4. The molecule has 2 aliphatic carbocycles. The van der Waals surface area contributed by atoms with Crippen molar-refractivity contribution in [2.75, 3.05) is 6.61 Å². The van der Waals surface area contributed by atoms with Crippen LogP contribution in [0.1, 0.15) is 99.9 Å². The molecule has 2 aliphatic rings. The zero-order valence-corrected chi connectivity index (χ0v) is 22.0. The Labute approximate surface area is 223 Å². The summed E-state index contributed by atoms with van der Waals surface area (Å²) in [5, 5.41) is 8.74. The molecule has 2 aromatic rings. The molecule has 0 heterocycles. The number of hydrogen-bond donors (Lipinski definition) is 0. The standard InChI is InChI=1S/C31H36F3NO3/c1-2-3-13-31(14-5-4-6-15-31)22-9-7-21(8-10-22)20-37-23-11-12-25(27(32)16-23)30(36)38-24-17-28(33)26(19-35)29(34)18-24/h11-12,16-18,21-22H,2-10,13-15,20H2,1H3/t21-,22-. The normalized spacial score (nSPS) is 20.9. The zero-order valence-electron chi connectivity index (χ0n) is 22.0. The summed E-state index contributed by atoms with van der Waals surface area (Å²) in [5.41, 5.74) is -0.632. The highest BCUT2D eigenvalue weighted by atomic mass is 19.1. The molecule has 2 aromatic carbocycles. The lowest BCUT2D eigenvalue weighted by atomic mass is 9.59. The summed E-state index contributed by atoms with van der Waals surface area (Å²) < 4.78 is 53.0. The van der Waals surface area contributed by atoms with E-state index in [-0.39, 0.29) is 5.56 Å². The Morgan fingerprint density at radius 2 is 1.63 bits per heavy atom. The van der Waals surface area contributed by atoms with Crippen LogP contribution >= 0.6 is 0 Å². The van der Waals surface area contributed by atoms with Crippen molar-refractivity contribution < 1.29 is 27.4 Å². The second-order valence-corrected chi connectivity index (χ2v) is 11.0. The van der Waals surface area contributed by atoms with Gasteiger partial charge in [-0.1, -0.05) is 39.0 Å². The molecule has 2 fully saturated rings. The molecule has 0 saturated heterocycles. The van der Waals surface area contributed by atoms with Crippen LogP contribution in [0.15, 0.2) is 30.3 Å². The quantitative estimate of drug-likeness (QED) is 0.242. The maximum Gasteiger partial charge on any atom is 0.346 e. The van der Waals surface area contributed by atoms with Gasteiger partial charge < -0.3 is 9.47 Å². The summed E-state index contributed by atoms with van der Waals surface area (Å²) in [5.74, 6) is -3.19. The molecule has 0 bridgehead atoms. The number of hydrogen-bond acceptors (Lipinski definition) is 4. The number of benzene rings is 2. The first kappa shape index (κ1) is 28.0. The molecular weight excluding hydrogens is 491 g/mol. The number of rotatable bonds is 9. The van der Waals surface area contributed by atoms with Crippen molar-refractivity contribution in [1.29, 1.82) is 5.26 Å². The van der Waals surface area contributed by atoms with Crippen LogP contribution in [0.25, 0.3) is 0 Å². The van der Waals surface area contributed by atoms with Gasteiger partial charge >= 0.3 is 5.97 Å². The van der Waals surface area contributed by atoms with Gasteiger partial charge in [-0.25, -0.2) is 18.0 Å². The molecule has 0 amide bonds. The lowest BCUT2D eigenvalue weighted by molar-refractivity contribution is 0.0373. The van der Waals surface area contributed by atoms with Gasteiger partial charge in [0.2, 0.25) is 0 Å². The molecule has 0 aromatic heterocycles. The van der Waals surface area contributed by atoms with Crippen molar-refractivity contribution in [1.82, 2.24) is 0 Å². The van der Waals surface area contributed by atoms with Gasteiger partial charge in [0, 0.05) is 18.2 Å². The third-order valence-electron chi connectivity index (χ3n) is 8.57. The lowest BCUT2D eigenvalue weighted by Crippen LogP contribution is -2.36. The van der Waals surface area contributed by atoms with E-state index >= 15 is 0 Å². The molecule has 204 valence electrons. The Bertz CT molecular complexity index is 1140. The van der Waals surface area contributed by atoms with Crippen LogP contribution in [0.5, 0.6) is 11.5 Å². The largest absolute Gasteiger partial charge is 0.493 e. The summed E-state index contributed by atoms with van der Waals surface area (Å²) in [6.07, 6.45) is 15.5. The van der Waals surface area contributed by atoms with Crippen molar-refractivity contribution in [3.8, 4) is 17.6 Å². The monoisotopic (exact) mass is 527 g/mol. The average Bonchev–Trinajstić information content (AvgIpc) is 2.91. The van der Waals surface area contributed by atoms with Crippen molar-refractivity contribution >= 4 is 5.97 Å². The fraction of sp³-hybridized carbons (Fsp3) is 0.548. The fourth-order valence-corrected chi connectivity index (χ4v) is 6.43. The number of nitriles is 1. The van der Waals surface area contributed by atoms with Gasteiger partial charge in [-0.3, -0.25) is 0 Å². The van der Waals surface area contributed by atoms with E-state index in [1.165, 1.54) is 82.4 Å². The minimum Gasteiger partial charge on any atom is -0.493 e. The zero-order chi connectivity index (χ0) is 27.1. The van der Waals surface area contributed by atoms with E-state index in [1.54, 1.807) is 0 Å². The van der Waals surface area contributed by atoms with Crippen molar-refractivity contribution in [3.63, 3.8) is 0 Å². The third kappa shape index (κ3) is 6.51. The van der Waals surface area contributed by atoms with E-state index in [4.69, 9.17) is 14.7 Å². The number of carbonyl (C=O) groups excluding carboxylic acids is 1. The summed E-state index contributed by atoms with van der Waals surface area (Å²) in [7, 11) is 0. The minimum atomic E-state index is -1.16. The second-order valence-electron chi connectivity index (χ2n) is 11.0. The van der Waals surface area contributed by atoms with Crippen LogP contribution < -0.4 is 9.47 Å². The average molecular weight is 528 g/mol. The Kier molecular flexibility index (Phi) is 9.35. The highest BCUT2D eigenvalue weighted by Gasteiger charge is 2.40. The van der Waals surface area contributed by atoms with E-state index in [2.05, 4.69) is 6.92 Å². The van der Waals surface area contributed by atoms with E-state index in [9.17, 15) is 18.0 Å². The molecule has 0 unspecified atom stereocenters. The van der Waals surface area contributed by atoms with Crippen LogP contribution in [0.2, 0.25) is 0 Å². The number of ether oxygens (including phenoxy) is 2. The van der Waals surface area contributed by atoms with Crippen LogP contribution in [0, 0.1) is 46.0 Å². The van der Waals surface area contributed by atoms with E-state index < -0.39 is 34.7 Å². The molecule has 4 nitrogen and oxygen atoms in total. The summed E-state index contributed by atoms with van der Waals surface area (Å²) in [6, 6.07) is 6.67. The van der Waals surface area contributed by atoms with Crippen molar-refractivity contribution in [2.45, 2.75) is 84.0 Å². The second kappa shape index (κ2) is 12.7. The molecular formula is C31H36F3NO3. The maximum absolute atomic E-state index is 14.7. The first-order chi connectivity index (χ1) is 18.3. The Morgan fingerprint density at radius 1 is 0.974 bits per heavy atom. The summed E-state index contributed by atoms with van der Waals surface area (Å²) >= 11 is 0. The first-order valence-electron chi connectivity index (χ1n) is 13.9. The van der Waals surface area contributed by atoms with E-state index in [0.29, 0.717) is 35.8 Å². The number of nitrogens with zero attached hydrogens (tertiary/aromatic N) is 1. The minimum absolute atomic E-state index is 0.323. The molecule has 4 rings (SSSR count). The van der Waals surface area contributed by atoms with E-state index in [0.717, 1.165) is 24.8 Å². The van der Waals surface area contributed by atoms with Crippen molar-refractivity contribution in [2.24, 2.45) is 17.3 Å². The molecule has 0 aliphatic heterocycles. The Hall–Kier alpha value is -3.01. The molecule has 0 N–H and O–H groups in total. The number of unbranched alkanes of at least 4 members (excludes halogenated alkanes) is 1. The van der Waals surface area contributed by atoms with Crippen LogP contribution in [0.3, 0.4) is 0 Å². The summed E-state index contributed by atoms with van der Waals surface area (Å²) in [6.45, 7) is 2.78. The predicted octanol–water partition coefficient (Wildman–Crippen LogP) is 8.52. The van der Waals surface area contributed by atoms with Gasteiger partial charge in [-0.05, 0) is 74.3 Å². The van der Waals surface area contributed by atoms with Gasteiger partial charge in [0.05, 0.1) is 12.2 Å². The van der Waals surface area contributed by atoms with E-state index in [1.807, 2.05) is 0 Å². The van der Waals surface area contributed by atoms with Crippen molar-refractivity contribution in [3.05, 3.63) is 58.9 Å². The Morgan fingerprint density at radius 3 is 2.24 bits per heavy atom. The molecule has 7 heteroatoms. The molecule has 0 spiro atoms. The highest BCUT2D eigenvalue weighted by Crippen LogP contribution is 2.52. The molecule has 38 heavy (non-hydrogen) atoms. The smallest absolute Gasteiger partial charge is 0.346 e. The van der Waals surface area contributed by atoms with Crippen LogP contribution in [-0.2, 0) is 0 Å². The number of carbonyl (C=O) groups is 1. The maximum atomic E-state index is 14.7. The Balaban J connectivity index is 1.30. The number of esters is 1. The van der Waals surface area contributed by atoms with Gasteiger partial charge in [0.1, 0.15) is 40.6 Å². The fourth-order valence-electron chi connectivity index (χ4n) is 6.43. The van der Waals surface area contributed by atoms with Crippen LogP contribution in [0.4, 0.5) is 13.2 Å². The topological polar surface area (TPSA) is 59.3 Å². The lowest BCUT2D eigenvalue weighted by Gasteiger charge is -2.47. The van der Waals surface area contributed by atoms with Crippen LogP contribution in [-0.4, -0.2) is 12.6 Å². The SMILES string of the molecule is CCCCC1([C@H]2CC[C@H](COc3ccc(C(=O)Oc4cc(F)c(C#N)c(F)c4)c(F)c3)CC2)CCCCC1. The van der Waals surface area contributed by atoms with Gasteiger partial charge in [-0.2, -0.15) is 5.26 Å². The van der Waals surface area contributed by atoms with Gasteiger partial charge in [0.15, 0.2) is 0 Å². The van der Waals surface area contributed by atoms with Gasteiger partial charge in [0.25, 0.3) is 0 Å². The molecule has 0 radical (unpaired) electrons. The third-order valence-corrected chi connectivity index (χ3v) is 8.57. The molecule has 2 saturated carbocycles. The highest BCUT2D eigenvalue weighted by molar-refractivity contribution is 5.91. The molecule has 0 atom stereocenters. The predicted molar refractivity (Wildman–Crippen MR) is 138 cm³/mol. The number of halogens is 3. The first-order valence-corrected chi connectivity index (χ1v) is 13.9. The van der Waals surface area contributed by atoms with Gasteiger partial charge in [-0.15, -0.1) is 0 Å².